The summed E-state index contributed by atoms with van der Waals surface area (Å²) in [5, 5.41) is 0. The lowest BCUT2D eigenvalue weighted by Gasteiger charge is -2.31. The number of rotatable bonds is 2. The van der Waals surface area contributed by atoms with Gasteiger partial charge in [0.1, 0.15) is 11.5 Å². The van der Waals surface area contributed by atoms with Gasteiger partial charge in [0.25, 0.3) is 0 Å². The number of allylic oxidation sites excluding steroid dienone is 3. The van der Waals surface area contributed by atoms with E-state index in [1.807, 2.05) is 0 Å². The Morgan fingerprint density at radius 2 is 2.00 bits per heavy atom. The fourth-order valence-electron chi connectivity index (χ4n) is 1.91. The first-order valence-corrected chi connectivity index (χ1v) is 7.00. The van der Waals surface area contributed by atoms with Crippen LogP contribution in [0.3, 0.4) is 0 Å². The molecule has 0 bridgehead atoms. The third kappa shape index (κ3) is 4.33. The lowest BCUT2D eigenvalue weighted by Crippen LogP contribution is -2.47. The first-order valence-electron chi connectivity index (χ1n) is 7.00. The van der Waals surface area contributed by atoms with Gasteiger partial charge in [-0.05, 0) is 46.8 Å². The van der Waals surface area contributed by atoms with Gasteiger partial charge in [-0.15, -0.1) is 0 Å². The van der Waals surface area contributed by atoms with E-state index in [-0.39, 0.29) is 12.2 Å². The molecule has 6 heteroatoms. The van der Waals surface area contributed by atoms with Crippen LogP contribution in [0.1, 0.15) is 34.6 Å². The Hall–Kier alpha value is -2.33. The molecular weight excluding hydrogens is 286 g/mol. The molecule has 0 radical (unpaired) electrons. The maximum absolute atomic E-state index is 12.4. The highest BCUT2D eigenvalue weighted by Gasteiger charge is 2.38. The van der Waals surface area contributed by atoms with E-state index in [1.54, 1.807) is 52.7 Å². The number of esters is 1. The van der Waals surface area contributed by atoms with Crippen LogP contribution in [0.2, 0.25) is 0 Å². The molecule has 0 spiro atoms. The van der Waals surface area contributed by atoms with Gasteiger partial charge in [-0.3, -0.25) is 4.90 Å². The van der Waals surface area contributed by atoms with Crippen molar-refractivity contribution in [2.45, 2.75) is 46.3 Å². The average Bonchev–Trinajstić information content (AvgIpc) is 2.55. The molecule has 0 aliphatic carbocycles. The van der Waals surface area contributed by atoms with Crippen LogP contribution in [0.15, 0.2) is 29.5 Å². The van der Waals surface area contributed by atoms with Gasteiger partial charge in [0.15, 0.2) is 6.04 Å². The molecule has 0 N–H and O–H groups in total. The van der Waals surface area contributed by atoms with Crippen molar-refractivity contribution >= 4 is 18.0 Å². The maximum Gasteiger partial charge on any atom is 0.415 e. The summed E-state index contributed by atoms with van der Waals surface area (Å²) in [6.07, 6.45) is 3.89. The van der Waals surface area contributed by atoms with Gasteiger partial charge in [-0.1, -0.05) is 6.08 Å². The Kier molecular flexibility index (Phi) is 5.71. The molecular formula is C16H21NO5. The SMILES string of the molecule is CCOC(=O)C1C(=C=O)C=CC=C(C)N1C(=O)OC(C)(C)C. The van der Waals surface area contributed by atoms with Crippen LogP contribution in [0, 0.1) is 0 Å². The van der Waals surface area contributed by atoms with Gasteiger partial charge in [0.2, 0.25) is 0 Å². The maximum atomic E-state index is 12.4. The average molecular weight is 307 g/mol. The lowest BCUT2D eigenvalue weighted by molar-refractivity contribution is -0.147. The molecule has 0 saturated heterocycles. The van der Waals surface area contributed by atoms with Gasteiger partial charge < -0.3 is 9.47 Å². The molecule has 0 saturated carbocycles. The molecule has 1 heterocycles. The Labute approximate surface area is 130 Å². The predicted octanol–water partition coefficient (Wildman–Crippen LogP) is 2.39. The number of carbonyl (C=O) groups excluding carboxylic acids is 3. The monoisotopic (exact) mass is 307 g/mol. The summed E-state index contributed by atoms with van der Waals surface area (Å²) in [6.45, 7) is 8.58. The van der Waals surface area contributed by atoms with Gasteiger partial charge in [0, 0.05) is 5.70 Å². The highest BCUT2D eigenvalue weighted by molar-refractivity contribution is 5.89. The molecule has 22 heavy (non-hydrogen) atoms. The number of carbonyl (C=O) groups is 2. The highest BCUT2D eigenvalue weighted by atomic mass is 16.6. The fourth-order valence-corrected chi connectivity index (χ4v) is 1.91. The fraction of sp³-hybridized carbons (Fsp3) is 0.500. The summed E-state index contributed by atoms with van der Waals surface area (Å²) >= 11 is 0. The molecule has 1 aliphatic heterocycles. The van der Waals surface area contributed by atoms with Crippen molar-refractivity contribution in [1.82, 2.24) is 4.90 Å². The van der Waals surface area contributed by atoms with Crippen molar-refractivity contribution < 1.29 is 23.9 Å². The van der Waals surface area contributed by atoms with E-state index < -0.39 is 23.7 Å². The van der Waals surface area contributed by atoms with Crippen LogP contribution in [0.5, 0.6) is 0 Å². The van der Waals surface area contributed by atoms with Crippen molar-refractivity contribution in [1.29, 1.82) is 0 Å². The van der Waals surface area contributed by atoms with E-state index in [2.05, 4.69) is 0 Å². The number of nitrogens with zero attached hydrogens (tertiary/aromatic N) is 1. The molecule has 1 amide bonds. The second-order valence-corrected chi connectivity index (χ2v) is 5.73. The zero-order valence-corrected chi connectivity index (χ0v) is 13.5. The topological polar surface area (TPSA) is 72.9 Å². The van der Waals surface area contributed by atoms with Crippen molar-refractivity contribution in [2.75, 3.05) is 6.61 Å². The third-order valence-electron chi connectivity index (χ3n) is 2.76. The quantitative estimate of drug-likeness (QED) is 0.578. The van der Waals surface area contributed by atoms with Gasteiger partial charge in [-0.2, -0.15) is 0 Å². The zero-order chi connectivity index (χ0) is 16.9. The number of ether oxygens (including phenoxy) is 2. The zero-order valence-electron chi connectivity index (χ0n) is 13.5. The van der Waals surface area contributed by atoms with Crippen molar-refractivity contribution in [3.8, 4) is 0 Å². The number of amides is 1. The van der Waals surface area contributed by atoms with Crippen LogP contribution >= 0.6 is 0 Å². The Morgan fingerprint density at radius 1 is 1.36 bits per heavy atom. The minimum absolute atomic E-state index is 0.0115. The highest BCUT2D eigenvalue weighted by Crippen LogP contribution is 2.24. The smallest absolute Gasteiger partial charge is 0.415 e. The summed E-state index contributed by atoms with van der Waals surface area (Å²) in [7, 11) is 0. The van der Waals surface area contributed by atoms with Gasteiger partial charge in [0.05, 0.1) is 12.2 Å². The molecule has 1 atom stereocenters. The molecule has 1 unspecified atom stereocenters. The second-order valence-electron chi connectivity index (χ2n) is 5.73. The standard InChI is InChI=1S/C16H21NO5/c1-6-21-14(19)13-12(10-18)9-7-8-11(2)17(13)15(20)22-16(3,4)5/h7-9,13H,6H2,1-5H3. The largest absolute Gasteiger partial charge is 0.464 e. The third-order valence-corrected chi connectivity index (χ3v) is 2.76. The predicted molar refractivity (Wildman–Crippen MR) is 80.6 cm³/mol. The summed E-state index contributed by atoms with van der Waals surface area (Å²) in [5.41, 5.74) is -0.257. The first kappa shape index (κ1) is 17.7. The van der Waals surface area contributed by atoms with E-state index in [0.717, 1.165) is 4.90 Å². The Morgan fingerprint density at radius 3 is 2.50 bits per heavy atom. The molecule has 120 valence electrons. The first-order chi connectivity index (χ1) is 10.2. The minimum Gasteiger partial charge on any atom is -0.464 e. The molecule has 0 fully saturated rings. The minimum atomic E-state index is -1.21. The van der Waals surface area contributed by atoms with Crippen molar-refractivity contribution in [3.05, 3.63) is 29.5 Å². The van der Waals surface area contributed by atoms with Crippen molar-refractivity contribution in [3.63, 3.8) is 0 Å². The molecule has 6 nitrogen and oxygen atoms in total. The van der Waals surface area contributed by atoms with Gasteiger partial charge in [-0.25, -0.2) is 14.4 Å². The molecule has 1 rings (SSSR count). The van der Waals surface area contributed by atoms with E-state index in [4.69, 9.17) is 9.47 Å². The van der Waals surface area contributed by atoms with Gasteiger partial charge >= 0.3 is 12.1 Å². The molecule has 0 aromatic carbocycles. The molecule has 1 aliphatic rings. The van der Waals surface area contributed by atoms with E-state index in [9.17, 15) is 14.4 Å². The van der Waals surface area contributed by atoms with E-state index >= 15 is 0 Å². The summed E-state index contributed by atoms with van der Waals surface area (Å²) in [4.78, 5) is 36.9. The Balaban J connectivity index is 3.28. The lowest BCUT2D eigenvalue weighted by atomic mass is 10.1. The summed E-state index contributed by atoms with van der Waals surface area (Å²) in [6, 6.07) is -1.21. The number of hydrogen-bond donors (Lipinski definition) is 0. The molecule has 0 aromatic heterocycles. The van der Waals surface area contributed by atoms with E-state index in [1.165, 1.54) is 6.08 Å². The summed E-state index contributed by atoms with van der Waals surface area (Å²) in [5.74, 6) is 0.995. The number of hydrogen-bond acceptors (Lipinski definition) is 5. The van der Waals surface area contributed by atoms with Crippen LogP contribution in [-0.4, -0.2) is 41.2 Å². The van der Waals surface area contributed by atoms with Crippen LogP contribution in [-0.2, 0) is 19.1 Å². The molecule has 0 aromatic rings. The summed E-state index contributed by atoms with van der Waals surface area (Å²) < 4.78 is 10.3. The van der Waals surface area contributed by atoms with Crippen LogP contribution in [0.25, 0.3) is 0 Å². The Bertz CT molecular complexity index is 562. The second kappa shape index (κ2) is 7.09. The van der Waals surface area contributed by atoms with Crippen LogP contribution < -0.4 is 0 Å². The normalized spacial score (nSPS) is 18.2. The van der Waals surface area contributed by atoms with E-state index in [0.29, 0.717) is 5.70 Å². The van der Waals surface area contributed by atoms with Crippen molar-refractivity contribution in [2.24, 2.45) is 0 Å². The van der Waals surface area contributed by atoms with Crippen LogP contribution in [0.4, 0.5) is 4.79 Å².